The molecule has 0 aliphatic carbocycles. The highest BCUT2D eigenvalue weighted by atomic mass is 19.4. The third-order valence-corrected chi connectivity index (χ3v) is 2.48. The Balaban J connectivity index is 2.34. The summed E-state index contributed by atoms with van der Waals surface area (Å²) in [5.41, 5.74) is 1.12. The Labute approximate surface area is 95.7 Å². The van der Waals surface area contributed by atoms with Gasteiger partial charge in [0.05, 0.1) is 0 Å². The fourth-order valence-corrected chi connectivity index (χ4v) is 1.67. The average Bonchev–Trinajstić information content (AvgIpc) is 2.68. The molecule has 0 unspecified atom stereocenters. The number of benzene rings is 1. The number of rotatable bonds is 3. The van der Waals surface area contributed by atoms with Crippen LogP contribution in [0.25, 0.3) is 11.0 Å². The second-order valence-electron chi connectivity index (χ2n) is 3.81. The van der Waals surface area contributed by atoms with Crippen LogP contribution in [0.3, 0.4) is 0 Å². The van der Waals surface area contributed by atoms with Crippen molar-refractivity contribution in [3.05, 3.63) is 35.6 Å². The Morgan fingerprint density at radius 1 is 1.18 bits per heavy atom. The number of hydrogen-bond acceptors (Lipinski definition) is 2. The molecule has 0 radical (unpaired) electrons. The minimum Gasteiger partial charge on any atom is -0.452 e. The highest BCUT2D eigenvalue weighted by Gasteiger charge is 2.35. The minimum atomic E-state index is -4.45. The van der Waals surface area contributed by atoms with Crippen LogP contribution in [-0.4, -0.2) is 11.7 Å². The van der Waals surface area contributed by atoms with Crippen molar-refractivity contribution in [3.63, 3.8) is 0 Å². The fraction of sp³-hybridized carbons (Fsp3) is 0.333. The molecule has 1 N–H and O–H groups in total. The van der Waals surface area contributed by atoms with Crippen molar-refractivity contribution in [2.45, 2.75) is 19.0 Å². The summed E-state index contributed by atoms with van der Waals surface area (Å²) in [6, 6.07) is 5.89. The van der Waals surface area contributed by atoms with Crippen LogP contribution in [0.4, 0.5) is 13.2 Å². The van der Waals surface area contributed by atoms with Crippen LogP contribution in [-0.2, 0) is 12.6 Å². The molecule has 2 nitrogen and oxygen atoms in total. The Morgan fingerprint density at radius 3 is 2.59 bits per heavy atom. The van der Waals surface area contributed by atoms with E-state index in [4.69, 9.17) is 9.52 Å². The van der Waals surface area contributed by atoms with E-state index in [0.29, 0.717) is 18.2 Å². The first-order valence-electron chi connectivity index (χ1n) is 5.21. The third-order valence-electron chi connectivity index (χ3n) is 2.48. The van der Waals surface area contributed by atoms with Crippen molar-refractivity contribution in [3.8, 4) is 0 Å². The lowest BCUT2D eigenvalue weighted by Gasteiger charge is -1.99. The number of furan rings is 1. The average molecular weight is 244 g/mol. The molecule has 2 rings (SSSR count). The number of halogens is 3. The number of aliphatic hydroxyl groups excluding tert-OH is 1. The monoisotopic (exact) mass is 244 g/mol. The lowest BCUT2D eigenvalue weighted by Crippen LogP contribution is -2.01. The lowest BCUT2D eigenvalue weighted by molar-refractivity contribution is -0.152. The summed E-state index contributed by atoms with van der Waals surface area (Å²) >= 11 is 0. The van der Waals surface area contributed by atoms with Crippen molar-refractivity contribution in [1.29, 1.82) is 0 Å². The van der Waals surface area contributed by atoms with Gasteiger partial charge in [0.2, 0.25) is 5.76 Å². The van der Waals surface area contributed by atoms with Crippen molar-refractivity contribution < 1.29 is 22.7 Å². The summed E-state index contributed by atoms with van der Waals surface area (Å²) in [5, 5.41) is 9.12. The topological polar surface area (TPSA) is 33.4 Å². The first kappa shape index (κ1) is 12.0. The number of alkyl halides is 3. The molecule has 5 heteroatoms. The van der Waals surface area contributed by atoms with Crippen molar-refractivity contribution >= 4 is 11.0 Å². The molecule has 0 spiro atoms. The van der Waals surface area contributed by atoms with Crippen LogP contribution in [0.5, 0.6) is 0 Å². The molecule has 92 valence electrons. The van der Waals surface area contributed by atoms with Crippen LogP contribution < -0.4 is 0 Å². The lowest BCUT2D eigenvalue weighted by atomic mass is 10.1. The van der Waals surface area contributed by atoms with Gasteiger partial charge in [0.25, 0.3) is 0 Å². The highest BCUT2D eigenvalue weighted by molar-refractivity contribution is 5.78. The zero-order chi connectivity index (χ0) is 12.5. The SMILES string of the molecule is OCCCc1ccc2oc(C(F)(F)F)cc2c1. The maximum absolute atomic E-state index is 12.4. The van der Waals surface area contributed by atoms with E-state index in [1.807, 2.05) is 0 Å². The van der Waals surface area contributed by atoms with Gasteiger partial charge < -0.3 is 9.52 Å². The predicted octanol–water partition coefficient (Wildman–Crippen LogP) is 3.38. The molecule has 0 fully saturated rings. The van der Waals surface area contributed by atoms with Gasteiger partial charge in [-0.1, -0.05) is 6.07 Å². The van der Waals surface area contributed by atoms with Crippen LogP contribution >= 0.6 is 0 Å². The Bertz CT molecular complexity index is 514. The maximum Gasteiger partial charge on any atom is 0.449 e. The zero-order valence-electron chi connectivity index (χ0n) is 8.92. The molecule has 0 amide bonds. The fourth-order valence-electron chi connectivity index (χ4n) is 1.67. The van der Waals surface area contributed by atoms with E-state index in [1.54, 1.807) is 12.1 Å². The van der Waals surface area contributed by atoms with Gasteiger partial charge >= 0.3 is 6.18 Å². The minimum absolute atomic E-state index is 0.0667. The normalized spacial score (nSPS) is 12.2. The van der Waals surface area contributed by atoms with E-state index in [1.165, 1.54) is 6.07 Å². The molecule has 0 saturated carbocycles. The second kappa shape index (κ2) is 4.41. The van der Waals surface area contributed by atoms with Gasteiger partial charge in [0, 0.05) is 12.0 Å². The van der Waals surface area contributed by atoms with Crippen molar-refractivity contribution in [1.82, 2.24) is 0 Å². The molecule has 0 aliphatic heterocycles. The quantitative estimate of drug-likeness (QED) is 0.897. The predicted molar refractivity (Wildman–Crippen MR) is 56.6 cm³/mol. The van der Waals surface area contributed by atoms with E-state index in [0.717, 1.165) is 11.6 Å². The van der Waals surface area contributed by atoms with Crippen LogP contribution in [0.1, 0.15) is 17.7 Å². The maximum atomic E-state index is 12.4. The summed E-state index contributed by atoms with van der Waals surface area (Å²) < 4.78 is 41.9. The molecule has 1 heterocycles. The molecule has 17 heavy (non-hydrogen) atoms. The number of aryl methyl sites for hydroxylation is 1. The van der Waals surface area contributed by atoms with E-state index in [-0.39, 0.29) is 12.2 Å². The van der Waals surface area contributed by atoms with E-state index in [2.05, 4.69) is 0 Å². The van der Waals surface area contributed by atoms with E-state index >= 15 is 0 Å². The van der Waals surface area contributed by atoms with Gasteiger partial charge in [0.1, 0.15) is 5.58 Å². The zero-order valence-corrected chi connectivity index (χ0v) is 8.92. The summed E-state index contributed by atoms with van der Waals surface area (Å²) in [7, 11) is 0. The van der Waals surface area contributed by atoms with Crippen LogP contribution in [0.15, 0.2) is 28.7 Å². The first-order valence-corrected chi connectivity index (χ1v) is 5.21. The number of hydrogen-bond donors (Lipinski definition) is 1. The summed E-state index contributed by atoms with van der Waals surface area (Å²) in [6.07, 6.45) is -3.22. The van der Waals surface area contributed by atoms with Crippen molar-refractivity contribution in [2.75, 3.05) is 6.61 Å². The van der Waals surface area contributed by atoms with E-state index in [9.17, 15) is 13.2 Å². The van der Waals surface area contributed by atoms with Crippen LogP contribution in [0.2, 0.25) is 0 Å². The third kappa shape index (κ3) is 2.61. The molecule has 1 aromatic heterocycles. The van der Waals surface area contributed by atoms with Gasteiger partial charge in [-0.15, -0.1) is 0 Å². The Kier molecular flexibility index (Phi) is 3.11. The van der Waals surface area contributed by atoms with Gasteiger partial charge in [-0.05, 0) is 36.6 Å². The molecule has 0 saturated heterocycles. The smallest absolute Gasteiger partial charge is 0.449 e. The molecular weight excluding hydrogens is 233 g/mol. The van der Waals surface area contributed by atoms with Gasteiger partial charge in [-0.2, -0.15) is 13.2 Å². The number of aliphatic hydroxyl groups is 1. The molecule has 0 aliphatic rings. The van der Waals surface area contributed by atoms with Gasteiger partial charge in [-0.3, -0.25) is 0 Å². The first-order chi connectivity index (χ1) is 8.00. The van der Waals surface area contributed by atoms with Gasteiger partial charge in [0.15, 0.2) is 0 Å². The van der Waals surface area contributed by atoms with Crippen molar-refractivity contribution in [2.24, 2.45) is 0 Å². The number of fused-ring (bicyclic) bond motifs is 1. The molecule has 0 bridgehead atoms. The second-order valence-corrected chi connectivity index (χ2v) is 3.81. The standard InChI is InChI=1S/C12H11F3O2/c13-12(14,15)11-7-9-6-8(2-1-5-16)3-4-10(9)17-11/h3-4,6-7,16H,1-2,5H2. The molecule has 2 aromatic rings. The van der Waals surface area contributed by atoms with Crippen LogP contribution in [0, 0.1) is 0 Å². The van der Waals surface area contributed by atoms with Gasteiger partial charge in [-0.25, -0.2) is 0 Å². The molecular formula is C12H11F3O2. The molecule has 1 aromatic carbocycles. The van der Waals surface area contributed by atoms with E-state index < -0.39 is 11.9 Å². The summed E-state index contributed by atoms with van der Waals surface area (Å²) in [4.78, 5) is 0. The summed E-state index contributed by atoms with van der Waals surface area (Å²) in [6.45, 7) is 0.0667. The largest absolute Gasteiger partial charge is 0.452 e. The highest BCUT2D eigenvalue weighted by Crippen LogP contribution is 2.34. The Morgan fingerprint density at radius 2 is 1.94 bits per heavy atom. The molecule has 0 atom stereocenters. The Hall–Kier alpha value is -1.49. The summed E-state index contributed by atoms with van der Waals surface area (Å²) in [5.74, 6) is -0.980.